The van der Waals surface area contributed by atoms with E-state index in [1.165, 1.54) is 19.0 Å². The van der Waals surface area contributed by atoms with Crippen molar-refractivity contribution in [3.63, 3.8) is 0 Å². The summed E-state index contributed by atoms with van der Waals surface area (Å²) in [6, 6.07) is 1.40. The van der Waals surface area contributed by atoms with Gasteiger partial charge in [-0.15, -0.1) is 0 Å². The highest BCUT2D eigenvalue weighted by molar-refractivity contribution is 7.89. The molecule has 1 unspecified atom stereocenters. The Balaban J connectivity index is 2.08. The van der Waals surface area contributed by atoms with Gasteiger partial charge in [0.15, 0.2) is 0 Å². The Labute approximate surface area is 102 Å². The first-order valence-electron chi connectivity index (χ1n) is 5.98. The lowest BCUT2D eigenvalue weighted by molar-refractivity contribution is 0.405. The fraction of sp³-hybridized carbons (Fsp3) is 0.636. The summed E-state index contributed by atoms with van der Waals surface area (Å²) in [5, 5.41) is 0. The van der Waals surface area contributed by atoms with Crippen LogP contribution in [0.25, 0.3) is 0 Å². The van der Waals surface area contributed by atoms with Crippen LogP contribution in [0.2, 0.25) is 0 Å². The topological polar surface area (TPSA) is 88.0 Å². The zero-order valence-electron chi connectivity index (χ0n) is 9.72. The first kappa shape index (κ1) is 12.6. The molecule has 2 rings (SSSR count). The second-order valence-electron chi connectivity index (χ2n) is 4.55. The highest BCUT2D eigenvalue weighted by Gasteiger charge is 2.28. The van der Waals surface area contributed by atoms with Crippen LogP contribution >= 0.6 is 0 Å². The quantitative estimate of drug-likeness (QED) is 0.729. The van der Waals surface area contributed by atoms with E-state index in [9.17, 15) is 8.42 Å². The summed E-state index contributed by atoms with van der Waals surface area (Å²) in [4.78, 5) is 3.02. The number of sulfonamides is 1. The van der Waals surface area contributed by atoms with Crippen LogP contribution in [0, 0.1) is 5.92 Å². The molecule has 17 heavy (non-hydrogen) atoms. The van der Waals surface area contributed by atoms with Crippen molar-refractivity contribution in [3.05, 3.63) is 18.5 Å². The fourth-order valence-electron chi connectivity index (χ4n) is 2.44. The number of H-pyrrole nitrogens is 1. The molecule has 0 radical (unpaired) electrons. The van der Waals surface area contributed by atoms with Crippen molar-refractivity contribution in [1.29, 1.82) is 0 Å². The van der Waals surface area contributed by atoms with Gasteiger partial charge >= 0.3 is 0 Å². The molecule has 1 aliphatic rings. The Morgan fingerprint density at radius 3 is 2.71 bits per heavy atom. The van der Waals surface area contributed by atoms with Gasteiger partial charge in [0, 0.05) is 25.0 Å². The summed E-state index contributed by atoms with van der Waals surface area (Å²) in [5.74, 6) is 0.383. The van der Waals surface area contributed by atoms with Crippen molar-refractivity contribution in [2.75, 3.05) is 6.54 Å². The van der Waals surface area contributed by atoms with E-state index in [2.05, 4.69) is 9.71 Å². The molecule has 1 atom stereocenters. The first-order valence-corrected chi connectivity index (χ1v) is 7.47. The highest BCUT2D eigenvalue weighted by atomic mass is 32.2. The van der Waals surface area contributed by atoms with E-state index >= 15 is 0 Å². The van der Waals surface area contributed by atoms with E-state index in [-0.39, 0.29) is 10.9 Å². The van der Waals surface area contributed by atoms with Crippen LogP contribution in [0.4, 0.5) is 0 Å². The molecule has 0 saturated heterocycles. The first-order chi connectivity index (χ1) is 8.13. The van der Waals surface area contributed by atoms with Gasteiger partial charge in [-0.1, -0.05) is 12.8 Å². The summed E-state index contributed by atoms with van der Waals surface area (Å²) >= 11 is 0. The summed E-state index contributed by atoms with van der Waals surface area (Å²) in [6.45, 7) is 0.355. The number of rotatable bonds is 5. The molecule has 4 N–H and O–H groups in total. The van der Waals surface area contributed by atoms with Gasteiger partial charge in [-0.3, -0.25) is 0 Å². The lowest BCUT2D eigenvalue weighted by Gasteiger charge is -2.22. The predicted molar refractivity (Wildman–Crippen MR) is 65.9 cm³/mol. The molecule has 96 valence electrons. The van der Waals surface area contributed by atoms with Crippen molar-refractivity contribution in [2.24, 2.45) is 11.7 Å². The van der Waals surface area contributed by atoms with Gasteiger partial charge in [0.1, 0.15) is 0 Å². The van der Waals surface area contributed by atoms with E-state index in [0.29, 0.717) is 12.5 Å². The van der Waals surface area contributed by atoms with Crippen molar-refractivity contribution >= 4 is 10.0 Å². The molecule has 1 aromatic rings. The zero-order valence-corrected chi connectivity index (χ0v) is 10.5. The van der Waals surface area contributed by atoms with E-state index in [0.717, 1.165) is 12.8 Å². The molecule has 1 aromatic heterocycles. The second kappa shape index (κ2) is 5.20. The Morgan fingerprint density at radius 2 is 2.18 bits per heavy atom. The molecular weight excluding hydrogens is 238 g/mol. The van der Waals surface area contributed by atoms with E-state index in [1.807, 2.05) is 0 Å². The minimum Gasteiger partial charge on any atom is -0.366 e. The number of hydrogen-bond donors (Lipinski definition) is 3. The molecule has 1 saturated carbocycles. The van der Waals surface area contributed by atoms with Crippen LogP contribution in [0.1, 0.15) is 25.7 Å². The van der Waals surface area contributed by atoms with Crippen molar-refractivity contribution in [3.8, 4) is 0 Å². The zero-order chi connectivity index (χ0) is 12.3. The SMILES string of the molecule is NCC(NS(=O)(=O)c1cc[nH]c1)C1CCCC1. The van der Waals surface area contributed by atoms with Gasteiger partial charge in [-0.05, 0) is 24.8 Å². The molecule has 1 heterocycles. The summed E-state index contributed by atoms with van der Waals surface area (Å²) in [6.07, 6.45) is 7.56. The number of nitrogens with one attached hydrogen (secondary N) is 2. The van der Waals surface area contributed by atoms with Crippen LogP contribution in [-0.2, 0) is 10.0 Å². The lowest BCUT2D eigenvalue weighted by Crippen LogP contribution is -2.44. The van der Waals surface area contributed by atoms with Gasteiger partial charge in [0.05, 0.1) is 4.90 Å². The largest absolute Gasteiger partial charge is 0.366 e. The van der Waals surface area contributed by atoms with Gasteiger partial charge in [0.2, 0.25) is 10.0 Å². The van der Waals surface area contributed by atoms with Crippen molar-refractivity contribution < 1.29 is 8.42 Å². The number of aromatic nitrogens is 1. The lowest BCUT2D eigenvalue weighted by atomic mass is 9.99. The van der Waals surface area contributed by atoms with Crippen molar-refractivity contribution in [2.45, 2.75) is 36.6 Å². The molecule has 0 aliphatic heterocycles. The maximum absolute atomic E-state index is 12.0. The van der Waals surface area contributed by atoms with Crippen LogP contribution in [0.3, 0.4) is 0 Å². The predicted octanol–water partition coefficient (Wildman–Crippen LogP) is 0.810. The average Bonchev–Trinajstić information content (AvgIpc) is 2.97. The minimum atomic E-state index is -3.43. The normalized spacial score (nSPS) is 19.6. The van der Waals surface area contributed by atoms with E-state index < -0.39 is 10.0 Å². The number of aromatic amines is 1. The van der Waals surface area contributed by atoms with Gasteiger partial charge in [-0.2, -0.15) is 0 Å². The van der Waals surface area contributed by atoms with Crippen LogP contribution < -0.4 is 10.5 Å². The molecule has 0 spiro atoms. The molecular formula is C11H19N3O2S. The summed E-state index contributed by atoms with van der Waals surface area (Å²) in [7, 11) is -3.43. The third-order valence-electron chi connectivity index (χ3n) is 3.41. The van der Waals surface area contributed by atoms with Crippen LogP contribution in [0.15, 0.2) is 23.4 Å². The molecule has 1 fully saturated rings. The Hall–Kier alpha value is -0.850. The summed E-state index contributed by atoms with van der Waals surface area (Å²) < 4.78 is 26.8. The van der Waals surface area contributed by atoms with Crippen LogP contribution in [-0.4, -0.2) is 26.0 Å². The summed E-state index contributed by atoms with van der Waals surface area (Å²) in [5.41, 5.74) is 5.68. The molecule has 0 aromatic carbocycles. The smallest absolute Gasteiger partial charge is 0.242 e. The Bertz CT molecular complexity index is 435. The monoisotopic (exact) mass is 257 g/mol. The van der Waals surface area contributed by atoms with E-state index in [4.69, 9.17) is 5.73 Å². The molecule has 1 aliphatic carbocycles. The van der Waals surface area contributed by atoms with Gasteiger partial charge in [-0.25, -0.2) is 13.1 Å². The van der Waals surface area contributed by atoms with Gasteiger partial charge in [0.25, 0.3) is 0 Å². The highest BCUT2D eigenvalue weighted by Crippen LogP contribution is 2.28. The second-order valence-corrected chi connectivity index (χ2v) is 6.27. The van der Waals surface area contributed by atoms with E-state index in [1.54, 1.807) is 12.3 Å². The maximum Gasteiger partial charge on any atom is 0.242 e. The molecule has 0 bridgehead atoms. The third kappa shape index (κ3) is 2.88. The average molecular weight is 257 g/mol. The van der Waals surface area contributed by atoms with Crippen LogP contribution in [0.5, 0.6) is 0 Å². The minimum absolute atomic E-state index is 0.141. The Kier molecular flexibility index (Phi) is 3.86. The third-order valence-corrected chi connectivity index (χ3v) is 4.90. The molecule has 0 amide bonds. The van der Waals surface area contributed by atoms with Gasteiger partial charge < -0.3 is 10.7 Å². The number of nitrogens with two attached hydrogens (primary N) is 1. The Morgan fingerprint density at radius 1 is 1.47 bits per heavy atom. The number of hydrogen-bond acceptors (Lipinski definition) is 3. The standard InChI is InChI=1S/C11H19N3O2S/c12-7-11(9-3-1-2-4-9)14-17(15,16)10-5-6-13-8-10/h5-6,8-9,11,13-14H,1-4,7,12H2. The molecule has 6 heteroatoms. The van der Waals surface area contributed by atoms with Crippen molar-refractivity contribution in [1.82, 2.24) is 9.71 Å². The molecule has 5 nitrogen and oxygen atoms in total. The maximum atomic E-state index is 12.0. The fourth-order valence-corrected chi connectivity index (χ4v) is 3.73.